The van der Waals surface area contributed by atoms with Crippen LogP contribution in [0.4, 0.5) is 5.69 Å². The zero-order chi connectivity index (χ0) is 18.1. The molecule has 1 aliphatic heterocycles. The molecule has 1 N–H and O–H groups in total. The van der Waals surface area contributed by atoms with Crippen molar-refractivity contribution >= 4 is 17.6 Å². The monoisotopic (exact) mass is 341 g/mol. The minimum absolute atomic E-state index is 0.104. The molecule has 6 heteroatoms. The molecule has 2 heterocycles. The van der Waals surface area contributed by atoms with Crippen LogP contribution in [0.2, 0.25) is 0 Å². The van der Waals surface area contributed by atoms with E-state index >= 15 is 0 Å². The number of benzene rings is 1. The maximum atomic E-state index is 13.1. The number of carbonyl (C=O) groups excluding carboxylic acids is 1. The van der Waals surface area contributed by atoms with Gasteiger partial charge in [0.2, 0.25) is 0 Å². The molecule has 0 saturated heterocycles. The summed E-state index contributed by atoms with van der Waals surface area (Å²) < 4.78 is 1.91. The number of hydrogen-bond acceptors (Lipinski definition) is 3. The Labute approximate surface area is 147 Å². The predicted molar refractivity (Wildman–Crippen MR) is 95.2 cm³/mol. The third-order valence-electron chi connectivity index (χ3n) is 4.53. The Hall–Kier alpha value is -2.63. The molecule has 3 rings (SSSR count). The van der Waals surface area contributed by atoms with Crippen LogP contribution < -0.4 is 4.90 Å². The fourth-order valence-corrected chi connectivity index (χ4v) is 3.33. The summed E-state index contributed by atoms with van der Waals surface area (Å²) in [4.78, 5) is 26.0. The zero-order valence-corrected chi connectivity index (χ0v) is 14.8. The molecule has 6 nitrogen and oxygen atoms in total. The first-order chi connectivity index (χ1) is 11.9. The van der Waals surface area contributed by atoms with Gasteiger partial charge in [0.05, 0.1) is 23.0 Å². The lowest BCUT2D eigenvalue weighted by atomic mass is 10.1. The Kier molecular flexibility index (Phi) is 4.61. The summed E-state index contributed by atoms with van der Waals surface area (Å²) in [5.41, 5.74) is 3.44. The molecule has 0 bridgehead atoms. The highest BCUT2D eigenvalue weighted by atomic mass is 16.4. The Morgan fingerprint density at radius 1 is 1.32 bits per heavy atom. The van der Waals surface area contributed by atoms with E-state index in [0.29, 0.717) is 23.7 Å². The number of carbonyl (C=O) groups is 2. The van der Waals surface area contributed by atoms with Gasteiger partial charge < -0.3 is 10.0 Å². The molecule has 1 aromatic carbocycles. The molecule has 1 aliphatic rings. The zero-order valence-electron chi connectivity index (χ0n) is 14.8. The molecule has 25 heavy (non-hydrogen) atoms. The van der Waals surface area contributed by atoms with E-state index in [1.165, 1.54) is 0 Å². The largest absolute Gasteiger partial charge is 0.478 e. The van der Waals surface area contributed by atoms with Crippen molar-refractivity contribution in [2.24, 2.45) is 5.92 Å². The average molecular weight is 341 g/mol. The van der Waals surface area contributed by atoms with Crippen molar-refractivity contribution in [3.8, 4) is 0 Å². The normalized spacial score (nSPS) is 13.4. The second-order valence-electron chi connectivity index (χ2n) is 6.79. The van der Waals surface area contributed by atoms with Crippen LogP contribution in [0.25, 0.3) is 0 Å². The van der Waals surface area contributed by atoms with Gasteiger partial charge in [-0.25, -0.2) is 4.79 Å². The highest BCUT2D eigenvalue weighted by Crippen LogP contribution is 2.31. The Morgan fingerprint density at radius 3 is 2.72 bits per heavy atom. The van der Waals surface area contributed by atoms with Gasteiger partial charge in [-0.3, -0.25) is 9.48 Å². The van der Waals surface area contributed by atoms with E-state index < -0.39 is 5.97 Å². The molecule has 132 valence electrons. The van der Waals surface area contributed by atoms with Crippen LogP contribution in [0.1, 0.15) is 52.7 Å². The fraction of sp³-hybridized carbons (Fsp3) is 0.421. The van der Waals surface area contributed by atoms with Crippen molar-refractivity contribution in [1.82, 2.24) is 9.78 Å². The third kappa shape index (κ3) is 3.16. The number of carboxylic acid groups (broad SMARTS) is 1. The third-order valence-corrected chi connectivity index (χ3v) is 4.53. The van der Waals surface area contributed by atoms with Crippen molar-refractivity contribution in [3.63, 3.8) is 0 Å². The summed E-state index contributed by atoms with van der Waals surface area (Å²) in [5.74, 6) is -0.645. The lowest BCUT2D eigenvalue weighted by Gasteiger charge is -2.18. The van der Waals surface area contributed by atoms with Crippen LogP contribution >= 0.6 is 0 Å². The predicted octanol–water partition coefficient (Wildman–Crippen LogP) is 3.00. The van der Waals surface area contributed by atoms with Crippen molar-refractivity contribution < 1.29 is 14.7 Å². The van der Waals surface area contributed by atoms with Crippen LogP contribution in [0.5, 0.6) is 0 Å². The minimum atomic E-state index is -0.985. The van der Waals surface area contributed by atoms with Gasteiger partial charge in [0.25, 0.3) is 5.91 Å². The van der Waals surface area contributed by atoms with Crippen LogP contribution in [0.3, 0.4) is 0 Å². The first-order valence-electron chi connectivity index (χ1n) is 8.65. The molecule has 0 fully saturated rings. The number of amides is 1. The van der Waals surface area contributed by atoms with Crippen LogP contribution in [-0.2, 0) is 19.4 Å². The fourth-order valence-electron chi connectivity index (χ4n) is 3.33. The summed E-state index contributed by atoms with van der Waals surface area (Å²) in [6.45, 7) is 7.59. The van der Waals surface area contributed by atoms with E-state index in [1.807, 2.05) is 11.6 Å². The van der Waals surface area contributed by atoms with Gasteiger partial charge in [-0.05, 0) is 36.5 Å². The number of carboxylic acids is 1. The first-order valence-corrected chi connectivity index (χ1v) is 8.65. The van der Waals surface area contributed by atoms with E-state index in [9.17, 15) is 14.7 Å². The second kappa shape index (κ2) is 6.70. The van der Waals surface area contributed by atoms with Crippen LogP contribution in [0, 0.1) is 5.92 Å². The summed E-state index contributed by atoms with van der Waals surface area (Å²) >= 11 is 0. The van der Waals surface area contributed by atoms with Crippen molar-refractivity contribution in [3.05, 3.63) is 46.8 Å². The first kappa shape index (κ1) is 17.2. The number of rotatable bonds is 5. The topological polar surface area (TPSA) is 75.4 Å². The smallest absolute Gasteiger partial charge is 0.335 e. The quantitative estimate of drug-likeness (QED) is 0.907. The molecule has 0 unspecified atom stereocenters. The Balaban J connectivity index is 1.95. The summed E-state index contributed by atoms with van der Waals surface area (Å²) in [7, 11) is 0. The number of nitrogens with zero attached hydrogens (tertiary/aromatic N) is 3. The van der Waals surface area contributed by atoms with Crippen molar-refractivity contribution in [1.29, 1.82) is 0 Å². The van der Waals surface area contributed by atoms with E-state index in [2.05, 4.69) is 18.9 Å². The molecule has 0 atom stereocenters. The summed E-state index contributed by atoms with van der Waals surface area (Å²) in [6, 6.07) is 4.98. The molecular formula is C19H23N3O3. The van der Waals surface area contributed by atoms with E-state index in [4.69, 9.17) is 0 Å². The molecule has 0 saturated carbocycles. The molecule has 0 aliphatic carbocycles. The van der Waals surface area contributed by atoms with Gasteiger partial charge in [0.15, 0.2) is 0 Å². The van der Waals surface area contributed by atoms with E-state index in [-0.39, 0.29) is 11.5 Å². The Bertz CT molecular complexity index is 823. The highest BCUT2D eigenvalue weighted by molar-refractivity contribution is 6.08. The number of aromatic nitrogens is 2. The Morgan fingerprint density at radius 2 is 2.08 bits per heavy atom. The maximum absolute atomic E-state index is 13.1. The lowest BCUT2D eigenvalue weighted by Crippen LogP contribution is -2.29. The van der Waals surface area contributed by atoms with Crippen molar-refractivity contribution in [2.75, 3.05) is 11.4 Å². The van der Waals surface area contributed by atoms with Gasteiger partial charge in [0.1, 0.15) is 0 Å². The van der Waals surface area contributed by atoms with Gasteiger partial charge in [-0.1, -0.05) is 26.8 Å². The van der Waals surface area contributed by atoms with Gasteiger partial charge >= 0.3 is 5.97 Å². The van der Waals surface area contributed by atoms with Gasteiger partial charge in [-0.2, -0.15) is 5.10 Å². The molecule has 2 aromatic rings. The van der Waals surface area contributed by atoms with Crippen LogP contribution in [0.15, 0.2) is 24.4 Å². The average Bonchev–Trinajstić information content (AvgIpc) is 3.16. The van der Waals surface area contributed by atoms with E-state index in [0.717, 1.165) is 30.6 Å². The maximum Gasteiger partial charge on any atom is 0.335 e. The van der Waals surface area contributed by atoms with Gasteiger partial charge in [-0.15, -0.1) is 0 Å². The molecule has 1 aromatic heterocycles. The summed E-state index contributed by atoms with van der Waals surface area (Å²) in [6.07, 6.45) is 3.11. The molecule has 1 amide bonds. The SMILES string of the molecule is CCc1c(C(=O)N2CCc3ccc(C(=O)O)cc32)cnn1CC(C)C. The van der Waals surface area contributed by atoms with E-state index in [1.54, 1.807) is 29.3 Å². The molecule has 0 radical (unpaired) electrons. The van der Waals surface area contributed by atoms with Gasteiger partial charge in [0, 0.05) is 18.8 Å². The molecular weight excluding hydrogens is 318 g/mol. The highest BCUT2D eigenvalue weighted by Gasteiger charge is 2.29. The second-order valence-corrected chi connectivity index (χ2v) is 6.79. The summed E-state index contributed by atoms with van der Waals surface area (Å²) in [5, 5.41) is 13.6. The van der Waals surface area contributed by atoms with Crippen LogP contribution in [-0.4, -0.2) is 33.3 Å². The number of anilines is 1. The standard InChI is InChI=1S/C19H23N3O3/c1-4-16-15(10-20-22(16)11-12(2)3)18(23)21-8-7-13-5-6-14(19(24)25)9-17(13)21/h5-6,9-10,12H,4,7-8,11H2,1-3H3,(H,24,25). The number of aromatic carboxylic acids is 1. The number of fused-ring (bicyclic) bond motifs is 1. The minimum Gasteiger partial charge on any atom is -0.478 e. The molecule has 0 spiro atoms. The van der Waals surface area contributed by atoms with Crippen molar-refractivity contribution in [2.45, 2.75) is 40.2 Å². The lowest BCUT2D eigenvalue weighted by molar-refractivity contribution is 0.0696. The number of hydrogen-bond donors (Lipinski definition) is 1.